The van der Waals surface area contributed by atoms with Crippen molar-refractivity contribution in [3.63, 3.8) is 0 Å². The summed E-state index contributed by atoms with van der Waals surface area (Å²) in [5, 5.41) is 3.34. The molecule has 0 bridgehead atoms. The summed E-state index contributed by atoms with van der Waals surface area (Å²) in [7, 11) is 3.68. The third-order valence-corrected chi connectivity index (χ3v) is 3.72. The van der Waals surface area contributed by atoms with Crippen LogP contribution < -0.4 is 5.32 Å². The van der Waals surface area contributed by atoms with Crippen molar-refractivity contribution < 1.29 is 4.79 Å². The van der Waals surface area contributed by atoms with Gasteiger partial charge in [0.15, 0.2) is 0 Å². The molecule has 1 aliphatic heterocycles. The van der Waals surface area contributed by atoms with Gasteiger partial charge in [-0.05, 0) is 25.3 Å². The second-order valence-electron chi connectivity index (χ2n) is 5.48. The number of hydrogen-bond acceptors (Lipinski definition) is 2. The molecule has 17 heavy (non-hydrogen) atoms. The zero-order valence-electron chi connectivity index (χ0n) is 11.7. The number of carbonyl (C=O) groups excluding carboxylic acids is 1. The largest absolute Gasteiger partial charge is 0.347 e. The average molecular weight is 240 g/mol. The Labute approximate surface area is 106 Å². The number of nitrogens with zero attached hydrogens (tertiary/aromatic N) is 1. The number of unbranched alkanes of at least 4 members (excludes halogenated alkanes) is 3. The average Bonchev–Trinajstić information content (AvgIpc) is 2.34. The van der Waals surface area contributed by atoms with Crippen LogP contribution in [0.15, 0.2) is 0 Å². The van der Waals surface area contributed by atoms with Crippen LogP contribution in [-0.2, 0) is 4.79 Å². The molecule has 3 heteroatoms. The van der Waals surface area contributed by atoms with Crippen LogP contribution in [0, 0.1) is 5.92 Å². The minimum absolute atomic E-state index is 0.0647. The third-order valence-electron chi connectivity index (χ3n) is 3.72. The summed E-state index contributed by atoms with van der Waals surface area (Å²) in [5.41, 5.74) is 0. The fourth-order valence-corrected chi connectivity index (χ4v) is 2.62. The summed E-state index contributed by atoms with van der Waals surface area (Å²) in [5.74, 6) is 0.991. The monoisotopic (exact) mass is 240 g/mol. The molecule has 0 spiro atoms. The van der Waals surface area contributed by atoms with Crippen molar-refractivity contribution in [2.45, 2.75) is 57.9 Å². The minimum Gasteiger partial charge on any atom is -0.347 e. The van der Waals surface area contributed by atoms with Gasteiger partial charge in [0.05, 0.1) is 6.04 Å². The Morgan fingerprint density at radius 3 is 2.71 bits per heavy atom. The van der Waals surface area contributed by atoms with E-state index in [4.69, 9.17) is 0 Å². The molecule has 1 heterocycles. The number of amides is 1. The molecule has 1 amide bonds. The van der Waals surface area contributed by atoms with E-state index in [0.717, 1.165) is 18.9 Å². The molecule has 1 N–H and O–H groups in total. The van der Waals surface area contributed by atoms with Gasteiger partial charge < -0.3 is 10.2 Å². The lowest BCUT2D eigenvalue weighted by Crippen LogP contribution is -2.48. The van der Waals surface area contributed by atoms with Gasteiger partial charge in [-0.2, -0.15) is 0 Å². The molecule has 1 saturated heterocycles. The maximum Gasteiger partial charge on any atom is 0.239 e. The Hall–Kier alpha value is -0.570. The van der Waals surface area contributed by atoms with Crippen LogP contribution >= 0.6 is 0 Å². The van der Waals surface area contributed by atoms with E-state index in [1.54, 1.807) is 4.90 Å². The number of rotatable bonds is 6. The first-order valence-corrected chi connectivity index (χ1v) is 7.09. The highest BCUT2D eigenvalue weighted by Gasteiger charge is 2.27. The van der Waals surface area contributed by atoms with Crippen molar-refractivity contribution in [3.8, 4) is 0 Å². The van der Waals surface area contributed by atoms with E-state index in [2.05, 4.69) is 12.2 Å². The molecule has 0 aromatic heterocycles. The zero-order chi connectivity index (χ0) is 12.7. The van der Waals surface area contributed by atoms with E-state index < -0.39 is 0 Å². The summed E-state index contributed by atoms with van der Waals surface area (Å²) in [6.45, 7) is 3.25. The summed E-state index contributed by atoms with van der Waals surface area (Å²) in [4.78, 5) is 13.6. The standard InChI is InChI=1S/C14H28N2O/c1-4-5-6-7-8-12-9-10-15-13(11-12)14(17)16(2)3/h12-13,15H,4-11H2,1-3H3. The predicted octanol–water partition coefficient (Wildman–Crippen LogP) is 2.41. The molecule has 0 radical (unpaired) electrons. The fourth-order valence-electron chi connectivity index (χ4n) is 2.62. The van der Waals surface area contributed by atoms with Crippen LogP contribution in [0.2, 0.25) is 0 Å². The van der Waals surface area contributed by atoms with Crippen LogP contribution in [0.4, 0.5) is 0 Å². The third kappa shape index (κ3) is 5.07. The van der Waals surface area contributed by atoms with Crippen LogP contribution in [0.1, 0.15) is 51.9 Å². The smallest absolute Gasteiger partial charge is 0.239 e. The normalized spacial score (nSPS) is 24.6. The maximum atomic E-state index is 11.9. The van der Waals surface area contributed by atoms with E-state index >= 15 is 0 Å². The van der Waals surface area contributed by atoms with E-state index in [9.17, 15) is 4.79 Å². The number of hydrogen-bond donors (Lipinski definition) is 1. The van der Waals surface area contributed by atoms with E-state index in [1.807, 2.05) is 14.1 Å². The van der Waals surface area contributed by atoms with Gasteiger partial charge in [-0.3, -0.25) is 4.79 Å². The molecule has 3 nitrogen and oxygen atoms in total. The number of likely N-dealkylation sites (N-methyl/N-ethyl adjacent to an activating group) is 1. The molecule has 0 saturated carbocycles. The van der Waals surface area contributed by atoms with Crippen LogP contribution in [0.3, 0.4) is 0 Å². The van der Waals surface area contributed by atoms with Crippen LogP contribution in [0.5, 0.6) is 0 Å². The lowest BCUT2D eigenvalue weighted by atomic mass is 9.87. The van der Waals surface area contributed by atoms with E-state index in [0.29, 0.717) is 0 Å². The molecule has 0 aromatic carbocycles. The van der Waals surface area contributed by atoms with Crippen molar-refractivity contribution in [1.82, 2.24) is 10.2 Å². The quantitative estimate of drug-likeness (QED) is 0.723. The second-order valence-corrected chi connectivity index (χ2v) is 5.48. The Morgan fingerprint density at radius 1 is 1.29 bits per heavy atom. The Bertz CT molecular complexity index is 228. The molecule has 2 unspecified atom stereocenters. The summed E-state index contributed by atoms with van der Waals surface area (Å²) < 4.78 is 0. The fraction of sp³-hybridized carbons (Fsp3) is 0.929. The van der Waals surface area contributed by atoms with Crippen molar-refractivity contribution >= 4 is 5.91 Å². The molecule has 1 rings (SSSR count). The lowest BCUT2D eigenvalue weighted by molar-refractivity contribution is -0.131. The number of carbonyl (C=O) groups is 1. The summed E-state index contributed by atoms with van der Waals surface area (Å²) in [6.07, 6.45) is 8.92. The first-order valence-electron chi connectivity index (χ1n) is 7.09. The molecular weight excluding hydrogens is 212 g/mol. The molecule has 1 aliphatic rings. The van der Waals surface area contributed by atoms with Gasteiger partial charge in [0, 0.05) is 14.1 Å². The van der Waals surface area contributed by atoms with Crippen molar-refractivity contribution in [1.29, 1.82) is 0 Å². The highest BCUT2D eigenvalue weighted by atomic mass is 16.2. The Balaban J connectivity index is 2.26. The van der Waals surface area contributed by atoms with E-state index in [-0.39, 0.29) is 11.9 Å². The Morgan fingerprint density at radius 2 is 2.06 bits per heavy atom. The molecule has 1 fully saturated rings. The molecule has 2 atom stereocenters. The van der Waals surface area contributed by atoms with Gasteiger partial charge in [-0.1, -0.05) is 39.0 Å². The second kappa shape index (κ2) is 7.70. The molecule has 0 aromatic rings. The number of nitrogens with one attached hydrogen (secondary N) is 1. The topological polar surface area (TPSA) is 32.3 Å². The first-order chi connectivity index (χ1) is 8.15. The highest BCUT2D eigenvalue weighted by molar-refractivity contribution is 5.81. The van der Waals surface area contributed by atoms with Crippen LogP contribution in [0.25, 0.3) is 0 Å². The minimum atomic E-state index is 0.0647. The van der Waals surface area contributed by atoms with Crippen molar-refractivity contribution in [2.24, 2.45) is 5.92 Å². The molecule has 100 valence electrons. The van der Waals surface area contributed by atoms with Gasteiger partial charge >= 0.3 is 0 Å². The van der Waals surface area contributed by atoms with Gasteiger partial charge in [-0.25, -0.2) is 0 Å². The van der Waals surface area contributed by atoms with E-state index in [1.165, 1.54) is 38.5 Å². The summed E-state index contributed by atoms with van der Waals surface area (Å²) in [6, 6.07) is 0.0647. The SMILES string of the molecule is CCCCCCC1CCNC(C(=O)N(C)C)C1. The zero-order valence-corrected chi connectivity index (χ0v) is 11.7. The maximum absolute atomic E-state index is 11.9. The number of piperidine rings is 1. The Kier molecular flexibility index (Phi) is 6.56. The molecular formula is C14H28N2O. The highest BCUT2D eigenvalue weighted by Crippen LogP contribution is 2.23. The first kappa shape index (κ1) is 14.5. The predicted molar refractivity (Wildman–Crippen MR) is 72.0 cm³/mol. The summed E-state index contributed by atoms with van der Waals surface area (Å²) >= 11 is 0. The van der Waals surface area contributed by atoms with Gasteiger partial charge in [0.1, 0.15) is 0 Å². The van der Waals surface area contributed by atoms with Gasteiger partial charge in [-0.15, -0.1) is 0 Å². The van der Waals surface area contributed by atoms with Crippen molar-refractivity contribution in [3.05, 3.63) is 0 Å². The van der Waals surface area contributed by atoms with Gasteiger partial charge in [0.2, 0.25) is 5.91 Å². The van der Waals surface area contributed by atoms with Gasteiger partial charge in [0.25, 0.3) is 0 Å². The lowest BCUT2D eigenvalue weighted by Gasteiger charge is -2.31. The van der Waals surface area contributed by atoms with Crippen LogP contribution in [-0.4, -0.2) is 37.5 Å². The molecule has 0 aliphatic carbocycles. The van der Waals surface area contributed by atoms with Crippen molar-refractivity contribution in [2.75, 3.05) is 20.6 Å².